The van der Waals surface area contributed by atoms with Gasteiger partial charge in [-0.1, -0.05) is 0 Å². The van der Waals surface area contributed by atoms with E-state index in [1.165, 1.54) is 0 Å². The Kier molecular flexibility index (Phi) is 3.94. The van der Waals surface area contributed by atoms with Crippen molar-refractivity contribution in [3.05, 3.63) is 51.4 Å². The Hall–Kier alpha value is -1.36. The molecule has 2 rings (SSSR count). The molecule has 0 bridgehead atoms. The van der Waals surface area contributed by atoms with Gasteiger partial charge in [-0.25, -0.2) is 8.78 Å². The minimum absolute atomic E-state index is 0.110. The summed E-state index contributed by atoms with van der Waals surface area (Å²) in [7, 11) is 0. The Morgan fingerprint density at radius 2 is 1.84 bits per heavy atom. The van der Waals surface area contributed by atoms with Crippen molar-refractivity contribution in [1.82, 2.24) is 0 Å². The van der Waals surface area contributed by atoms with Crippen molar-refractivity contribution >= 4 is 21.6 Å². The van der Waals surface area contributed by atoms with Crippen LogP contribution in [0, 0.1) is 25.5 Å². The van der Waals surface area contributed by atoms with Gasteiger partial charge in [-0.2, -0.15) is 0 Å². The van der Waals surface area contributed by atoms with Crippen molar-refractivity contribution in [2.45, 2.75) is 26.8 Å². The van der Waals surface area contributed by atoms with Crippen LogP contribution in [0.15, 0.2) is 27.1 Å². The van der Waals surface area contributed by atoms with Gasteiger partial charge in [-0.05, 0) is 48.8 Å². The molecule has 102 valence electrons. The molecule has 19 heavy (non-hydrogen) atoms. The van der Waals surface area contributed by atoms with Crippen molar-refractivity contribution in [2.24, 2.45) is 0 Å². The van der Waals surface area contributed by atoms with E-state index in [-0.39, 0.29) is 16.2 Å². The maximum absolute atomic E-state index is 13.7. The van der Waals surface area contributed by atoms with Gasteiger partial charge in [-0.15, -0.1) is 0 Å². The summed E-state index contributed by atoms with van der Waals surface area (Å²) >= 11 is 2.95. The van der Waals surface area contributed by atoms with Gasteiger partial charge in [0.15, 0.2) is 0 Å². The highest BCUT2D eigenvalue weighted by Crippen LogP contribution is 2.28. The topological polar surface area (TPSA) is 25.2 Å². The number of nitrogens with one attached hydrogen (secondary N) is 1. The fourth-order valence-corrected chi connectivity index (χ4v) is 2.34. The standard InChI is InChI=1S/C14H14BrF2NO/c1-7-4-10(9(3)19-7)8(2)18-14-6-12(16)11(15)5-13(14)17/h4-6,8,18H,1-3H3. The van der Waals surface area contributed by atoms with Gasteiger partial charge < -0.3 is 9.73 Å². The average Bonchev–Trinajstić information content (AvgIpc) is 2.65. The van der Waals surface area contributed by atoms with Crippen molar-refractivity contribution in [2.75, 3.05) is 5.32 Å². The molecule has 0 aliphatic heterocycles. The zero-order valence-corrected chi connectivity index (χ0v) is 12.4. The molecule has 0 aliphatic rings. The zero-order chi connectivity index (χ0) is 14.2. The van der Waals surface area contributed by atoms with E-state index in [1.807, 2.05) is 26.8 Å². The molecule has 1 unspecified atom stereocenters. The number of hydrogen-bond acceptors (Lipinski definition) is 2. The molecule has 1 N–H and O–H groups in total. The maximum atomic E-state index is 13.7. The minimum atomic E-state index is -0.504. The van der Waals surface area contributed by atoms with E-state index in [1.54, 1.807) is 0 Å². The van der Waals surface area contributed by atoms with Crippen LogP contribution in [0.1, 0.15) is 30.0 Å². The molecule has 0 amide bonds. The maximum Gasteiger partial charge on any atom is 0.147 e. The number of benzene rings is 1. The molecule has 0 saturated heterocycles. The lowest BCUT2D eigenvalue weighted by Crippen LogP contribution is -2.08. The molecule has 1 aromatic heterocycles. The van der Waals surface area contributed by atoms with E-state index in [9.17, 15) is 8.78 Å². The summed E-state index contributed by atoms with van der Waals surface area (Å²) in [6, 6.07) is 3.96. The van der Waals surface area contributed by atoms with Gasteiger partial charge in [0.2, 0.25) is 0 Å². The Morgan fingerprint density at radius 1 is 1.16 bits per heavy atom. The number of aryl methyl sites for hydroxylation is 2. The van der Waals surface area contributed by atoms with Crippen LogP contribution in [0.5, 0.6) is 0 Å². The van der Waals surface area contributed by atoms with Crippen LogP contribution in [0.3, 0.4) is 0 Å². The first-order valence-electron chi connectivity index (χ1n) is 5.86. The first kappa shape index (κ1) is 14.1. The lowest BCUT2D eigenvalue weighted by atomic mass is 10.1. The van der Waals surface area contributed by atoms with E-state index in [0.29, 0.717) is 0 Å². The van der Waals surface area contributed by atoms with Gasteiger partial charge >= 0.3 is 0 Å². The molecule has 0 saturated carbocycles. The summed E-state index contributed by atoms with van der Waals surface area (Å²) in [5, 5.41) is 2.95. The minimum Gasteiger partial charge on any atom is -0.466 e. The van der Waals surface area contributed by atoms with E-state index < -0.39 is 11.6 Å². The molecule has 0 fully saturated rings. The van der Waals surface area contributed by atoms with Crippen LogP contribution in [0.25, 0.3) is 0 Å². The lowest BCUT2D eigenvalue weighted by Gasteiger charge is -2.15. The molecule has 2 aromatic rings. The Morgan fingerprint density at radius 3 is 2.42 bits per heavy atom. The Labute approximate surface area is 118 Å². The monoisotopic (exact) mass is 329 g/mol. The fraction of sp³-hybridized carbons (Fsp3) is 0.286. The van der Waals surface area contributed by atoms with E-state index in [2.05, 4.69) is 21.2 Å². The van der Waals surface area contributed by atoms with Gasteiger partial charge in [0, 0.05) is 11.6 Å². The fourth-order valence-electron chi connectivity index (χ4n) is 2.02. The van der Waals surface area contributed by atoms with Crippen molar-refractivity contribution in [1.29, 1.82) is 0 Å². The SMILES string of the molecule is Cc1cc(C(C)Nc2cc(F)c(Br)cc2F)c(C)o1. The van der Waals surface area contributed by atoms with Crippen molar-refractivity contribution in [3.8, 4) is 0 Å². The first-order chi connectivity index (χ1) is 8.88. The van der Waals surface area contributed by atoms with E-state index in [4.69, 9.17) is 4.42 Å². The predicted octanol–water partition coefficient (Wildman–Crippen LogP) is 5.11. The summed E-state index contributed by atoms with van der Waals surface area (Å²) in [6.07, 6.45) is 0. The molecule has 5 heteroatoms. The molecule has 1 aromatic carbocycles. The van der Waals surface area contributed by atoms with Crippen LogP contribution in [-0.4, -0.2) is 0 Å². The van der Waals surface area contributed by atoms with Crippen molar-refractivity contribution in [3.63, 3.8) is 0 Å². The lowest BCUT2D eigenvalue weighted by molar-refractivity contribution is 0.499. The van der Waals surface area contributed by atoms with Gasteiger partial charge in [0.05, 0.1) is 16.2 Å². The molecule has 0 radical (unpaired) electrons. The number of anilines is 1. The van der Waals surface area contributed by atoms with Crippen LogP contribution < -0.4 is 5.32 Å². The third-order valence-electron chi connectivity index (χ3n) is 2.93. The molecular weight excluding hydrogens is 316 g/mol. The molecule has 0 aliphatic carbocycles. The van der Waals surface area contributed by atoms with Gasteiger partial charge in [0.1, 0.15) is 23.2 Å². The Bertz CT molecular complexity index is 610. The third-order valence-corrected chi connectivity index (χ3v) is 3.54. The molecular formula is C14H14BrF2NO. The summed E-state index contributed by atoms with van der Waals surface area (Å²) in [5.41, 5.74) is 1.06. The summed E-state index contributed by atoms with van der Waals surface area (Å²) in [5.74, 6) is 0.563. The Balaban J connectivity index is 2.26. The second-order valence-electron chi connectivity index (χ2n) is 4.48. The van der Waals surface area contributed by atoms with E-state index in [0.717, 1.165) is 29.2 Å². The predicted molar refractivity (Wildman–Crippen MR) is 74.3 cm³/mol. The first-order valence-corrected chi connectivity index (χ1v) is 6.65. The summed E-state index contributed by atoms with van der Waals surface area (Å²) < 4.78 is 32.7. The second-order valence-corrected chi connectivity index (χ2v) is 5.34. The average molecular weight is 330 g/mol. The van der Waals surface area contributed by atoms with Crippen LogP contribution in [0.4, 0.5) is 14.5 Å². The number of furan rings is 1. The second kappa shape index (κ2) is 5.33. The number of halogens is 3. The third kappa shape index (κ3) is 2.97. The molecule has 1 heterocycles. The largest absolute Gasteiger partial charge is 0.466 e. The van der Waals surface area contributed by atoms with Crippen molar-refractivity contribution < 1.29 is 13.2 Å². The molecule has 0 spiro atoms. The molecule has 2 nitrogen and oxygen atoms in total. The van der Waals surface area contributed by atoms with Crippen LogP contribution >= 0.6 is 15.9 Å². The summed E-state index contributed by atoms with van der Waals surface area (Å²) in [4.78, 5) is 0. The smallest absolute Gasteiger partial charge is 0.147 e. The normalized spacial score (nSPS) is 12.5. The molecule has 1 atom stereocenters. The highest BCUT2D eigenvalue weighted by atomic mass is 79.9. The number of hydrogen-bond donors (Lipinski definition) is 1. The quantitative estimate of drug-likeness (QED) is 0.791. The zero-order valence-electron chi connectivity index (χ0n) is 10.9. The highest BCUT2D eigenvalue weighted by Gasteiger charge is 2.15. The van der Waals surface area contributed by atoms with Gasteiger partial charge in [0.25, 0.3) is 0 Å². The van der Waals surface area contributed by atoms with Crippen LogP contribution in [-0.2, 0) is 0 Å². The number of rotatable bonds is 3. The highest BCUT2D eigenvalue weighted by molar-refractivity contribution is 9.10. The van der Waals surface area contributed by atoms with Crippen LogP contribution in [0.2, 0.25) is 0 Å². The van der Waals surface area contributed by atoms with E-state index >= 15 is 0 Å². The van der Waals surface area contributed by atoms with Gasteiger partial charge in [-0.3, -0.25) is 0 Å². The summed E-state index contributed by atoms with van der Waals surface area (Å²) in [6.45, 7) is 5.57.